The number of esters is 1. The number of ether oxygens (including phenoxy) is 4. The summed E-state index contributed by atoms with van der Waals surface area (Å²) < 4.78 is 43.8. The van der Waals surface area contributed by atoms with Crippen molar-refractivity contribution in [1.82, 2.24) is 0 Å². The number of unbranched alkanes of at least 4 members (excludes halogenated alkanes) is 6. The van der Waals surface area contributed by atoms with E-state index in [0.717, 1.165) is 133 Å². The van der Waals surface area contributed by atoms with E-state index in [1.807, 2.05) is 36.4 Å². The van der Waals surface area contributed by atoms with Crippen molar-refractivity contribution in [2.75, 3.05) is 19.8 Å². The molecule has 3 fully saturated rings. The average molecular weight is 1520 g/mol. The molecule has 0 radical (unpaired) electrons. The number of fused-ring (bicyclic) bond motifs is 6. The smallest absolute Gasteiger partial charge is 0.341 e. The molecule has 594 valence electrons. The number of carbonyl (C=O) groups is 2. The predicted octanol–water partition coefficient (Wildman–Crippen LogP) is 21.3. The van der Waals surface area contributed by atoms with E-state index in [2.05, 4.69) is 153 Å². The zero-order valence-corrected chi connectivity index (χ0v) is 72.5. The van der Waals surface area contributed by atoms with Crippen molar-refractivity contribution in [3.8, 4) is 29.4 Å². The van der Waals surface area contributed by atoms with Gasteiger partial charge in [0.15, 0.2) is 44.8 Å². The van der Waals surface area contributed by atoms with Crippen LogP contribution in [0.4, 0.5) is 0 Å². The van der Waals surface area contributed by atoms with Gasteiger partial charge >= 0.3 is 11.9 Å². The molecule has 9 rings (SSSR count). The molecule has 3 N–H and O–H groups in total. The van der Waals surface area contributed by atoms with Crippen LogP contribution in [0.2, 0.25) is 54.4 Å². The van der Waals surface area contributed by atoms with Gasteiger partial charge < -0.3 is 47.5 Å². The highest BCUT2D eigenvalue weighted by atomic mass is 28.4. The summed E-state index contributed by atoms with van der Waals surface area (Å²) in [7, 11) is -5.53. The lowest BCUT2D eigenvalue weighted by Crippen LogP contribution is -2.44. The first-order chi connectivity index (χ1) is 50.0. The number of carboxylic acid groups (broad SMARTS) is 1. The Balaban J connectivity index is 0.000000222. The summed E-state index contributed by atoms with van der Waals surface area (Å²) in [4.78, 5) is 23.1. The summed E-state index contributed by atoms with van der Waals surface area (Å²) in [5.41, 5.74) is 7.55. The van der Waals surface area contributed by atoms with Crippen LogP contribution < -0.4 is 14.2 Å². The third kappa shape index (κ3) is 24.5. The Morgan fingerprint density at radius 3 is 1.10 bits per heavy atom. The number of nitrogens with zero attached hydrogens (tertiary/aromatic N) is 2. The van der Waals surface area contributed by atoms with Gasteiger partial charge in [-0.05, 0) is 275 Å². The van der Waals surface area contributed by atoms with E-state index >= 15 is 0 Å². The quantitative estimate of drug-likeness (QED) is 0.0285. The number of aliphatic hydroxyl groups excluding tert-OH is 2. The number of rotatable bonds is 35. The average Bonchev–Trinajstić information content (AvgIpc) is 1.56. The zero-order chi connectivity index (χ0) is 78.0. The number of carbonyl (C=O) groups excluding carboxylic acids is 1. The maximum atomic E-state index is 12.1. The lowest BCUT2D eigenvalue weighted by atomic mass is 9.73. The molecule has 17 heteroatoms. The van der Waals surface area contributed by atoms with E-state index in [1.165, 1.54) is 92.5 Å². The van der Waals surface area contributed by atoms with Gasteiger partial charge in [-0.15, -0.1) is 0 Å². The molecule has 0 unspecified atom stereocenters. The first-order valence-corrected chi connectivity index (χ1v) is 50.4. The number of aliphatic carboxylic acids is 1. The van der Waals surface area contributed by atoms with Crippen molar-refractivity contribution in [3.05, 3.63) is 88.0 Å². The Morgan fingerprint density at radius 2 is 0.792 bits per heavy atom. The second-order valence-electron chi connectivity index (χ2n) is 37.5. The number of aliphatic hydroxyl groups is 2. The minimum absolute atomic E-state index is 0.0329. The molecule has 3 aromatic rings. The van der Waals surface area contributed by atoms with Gasteiger partial charge in [0.25, 0.3) is 0 Å². The van der Waals surface area contributed by atoms with Crippen LogP contribution in [0.15, 0.2) is 54.6 Å². The van der Waals surface area contributed by atoms with E-state index in [4.69, 9.17) is 47.9 Å². The molecule has 3 aromatic carbocycles. The van der Waals surface area contributed by atoms with Crippen LogP contribution in [-0.4, -0.2) is 109 Å². The van der Waals surface area contributed by atoms with Crippen molar-refractivity contribution in [2.45, 2.75) is 354 Å². The van der Waals surface area contributed by atoms with Crippen LogP contribution in [0.3, 0.4) is 0 Å². The SMILES string of the molecule is CCCCC[C@@H](CC[C@@H]1[C@@H]2Cc3cccc(OCC#N)c3C[C@@H]2C[C@@H]1O)O[Si](C)(C)C(C)(C)C.CCCCC[C@@H](CC[C@@H]1[C@H]2Cc3cccc(OCC#N)c3C[C@H]2C[C@H]1OC(C)=O)O[Si](C)(C)C(C)(C)C.CCCCC[C@@H](CC[C@@H]1[C@H]2Cc3cccc(OCC(=O)O)c3C[C@H]2C[C@H]1O)O[Si](C)(C)C(C)(C)C. The van der Waals surface area contributed by atoms with Gasteiger partial charge in [0.05, 0.1) is 12.2 Å². The Bertz CT molecular complexity index is 3320. The third-order valence-electron chi connectivity index (χ3n) is 26.9. The van der Waals surface area contributed by atoms with Crippen LogP contribution in [0.1, 0.15) is 258 Å². The first kappa shape index (κ1) is 88.6. The molecule has 3 saturated carbocycles. The van der Waals surface area contributed by atoms with Crippen LogP contribution in [0, 0.1) is 75.9 Å². The van der Waals surface area contributed by atoms with E-state index in [1.54, 1.807) is 0 Å². The van der Waals surface area contributed by atoms with Gasteiger partial charge in [-0.2, -0.15) is 10.5 Å². The highest BCUT2D eigenvalue weighted by Gasteiger charge is 2.50. The molecule has 0 amide bonds. The standard InChI is InChI=1S/C31H49NO4Si.C29H47NO3Si.C29H48O5Si/c1-8-9-10-13-25(36-37(6,7)31(3,4)5)15-16-26-27-19-23-12-11-14-29(34-18-17-32)28(23)20-24(27)21-30(26)35-22(2)33;1-7-8-9-12-23(33-34(5,6)29(2,3)4)14-15-24-25-18-21-11-10-13-28(32-17-16-30)26(21)19-22(25)20-27(24)31;1-7-8-9-12-22(34-35(5,6)29(2,3)4)14-15-23-24-16-20-11-10-13-27(33-19-28(31)32)25(20)17-21(24)18-26(23)30/h11-12,14,24-27,30H,8-10,13,15-16,18-21H2,1-7H3;10-11,13,22-25,27,31H,7-9,12,14-15,17-20H2,1-6H3;10-11,13,21-24,26,30H,7-9,12,14-19H2,1-6H3,(H,31,32)/t24-,25-,26+,27-,30+;22-,23+,24-,25-,27+;21-,22-,23+,24-,26+/m010/s1. The third-order valence-corrected chi connectivity index (χ3v) is 40.5. The Labute approximate surface area is 645 Å². The fourth-order valence-corrected chi connectivity index (χ4v) is 22.3. The molecule has 6 aliphatic rings. The van der Waals surface area contributed by atoms with Crippen molar-refractivity contribution in [3.63, 3.8) is 0 Å². The first-order valence-electron chi connectivity index (χ1n) is 41.7. The summed E-state index contributed by atoms with van der Waals surface area (Å²) in [6.07, 6.45) is 29.3. The predicted molar refractivity (Wildman–Crippen MR) is 436 cm³/mol. The van der Waals surface area contributed by atoms with E-state index in [-0.39, 0.29) is 71.4 Å². The number of carboxylic acids is 1. The number of hydrogen-bond acceptors (Lipinski definition) is 13. The van der Waals surface area contributed by atoms with Gasteiger partial charge in [-0.1, -0.05) is 177 Å². The summed E-state index contributed by atoms with van der Waals surface area (Å²) in [5, 5.41) is 49.7. The minimum atomic E-state index is -1.87. The zero-order valence-electron chi connectivity index (χ0n) is 69.5. The Hall–Kier alpha value is -4.57. The molecule has 0 heterocycles. The summed E-state index contributed by atoms with van der Waals surface area (Å²) in [6, 6.07) is 22.6. The van der Waals surface area contributed by atoms with E-state index in [0.29, 0.717) is 65.1 Å². The maximum Gasteiger partial charge on any atom is 0.341 e. The summed E-state index contributed by atoms with van der Waals surface area (Å²) in [5.74, 6) is 5.13. The maximum absolute atomic E-state index is 12.1. The second kappa shape index (κ2) is 40.1. The van der Waals surface area contributed by atoms with Gasteiger partial charge in [0.1, 0.15) is 35.5 Å². The Kier molecular flexibility index (Phi) is 33.5. The number of hydrogen-bond donors (Lipinski definition) is 3. The molecule has 0 spiro atoms. The number of nitriles is 2. The van der Waals surface area contributed by atoms with Crippen molar-refractivity contribution >= 4 is 36.9 Å². The molecule has 106 heavy (non-hydrogen) atoms. The largest absolute Gasteiger partial charge is 0.482 e. The van der Waals surface area contributed by atoms with E-state index in [9.17, 15) is 19.8 Å². The number of benzene rings is 3. The van der Waals surface area contributed by atoms with Crippen LogP contribution in [-0.2, 0) is 66.1 Å². The Morgan fingerprint density at radius 1 is 0.472 bits per heavy atom. The van der Waals surface area contributed by atoms with Crippen molar-refractivity contribution in [1.29, 1.82) is 10.5 Å². The lowest BCUT2D eigenvalue weighted by Gasteiger charge is -2.40. The van der Waals surface area contributed by atoms with Crippen LogP contribution in [0.25, 0.3) is 0 Å². The molecule has 14 nitrogen and oxygen atoms in total. The minimum Gasteiger partial charge on any atom is -0.482 e. The summed E-state index contributed by atoms with van der Waals surface area (Å²) >= 11 is 0. The van der Waals surface area contributed by atoms with Crippen molar-refractivity contribution < 1.29 is 57.1 Å². The highest BCUT2D eigenvalue weighted by molar-refractivity contribution is 6.75. The highest BCUT2D eigenvalue weighted by Crippen LogP contribution is 2.53. The van der Waals surface area contributed by atoms with E-state index < -0.39 is 30.9 Å². The lowest BCUT2D eigenvalue weighted by molar-refractivity contribution is -0.148. The molecule has 0 aromatic heterocycles. The molecule has 0 saturated heterocycles. The topological polar surface area (TPSA) is 207 Å². The van der Waals surface area contributed by atoms with Gasteiger partial charge in [-0.25, -0.2) is 4.79 Å². The van der Waals surface area contributed by atoms with Crippen LogP contribution in [0.5, 0.6) is 17.2 Å². The molecule has 6 aliphatic carbocycles. The monoisotopic (exact) mass is 1520 g/mol. The van der Waals surface area contributed by atoms with Gasteiger partial charge in [0.2, 0.25) is 0 Å². The van der Waals surface area contributed by atoms with Gasteiger partial charge in [-0.3, -0.25) is 4.79 Å². The molecule has 0 aliphatic heterocycles. The van der Waals surface area contributed by atoms with Crippen LogP contribution >= 0.6 is 0 Å². The normalized spacial score (nSPS) is 24.8. The molecule has 0 bridgehead atoms. The fraction of sp³-hybridized carbons (Fsp3) is 0.753. The fourth-order valence-electron chi connectivity index (χ4n) is 18.1. The summed E-state index contributed by atoms with van der Waals surface area (Å²) in [6.45, 7) is 43.1. The van der Waals surface area contributed by atoms with Crippen molar-refractivity contribution in [2.24, 2.45) is 53.3 Å². The molecular weight excluding hydrogens is 1370 g/mol. The molecule has 15 atom stereocenters. The molecular formula is C89H144N2O12Si3. The second-order valence-corrected chi connectivity index (χ2v) is 51.7. The van der Waals surface area contributed by atoms with Gasteiger partial charge in [0, 0.05) is 25.2 Å².